The molecule has 0 atom stereocenters. The standard InChI is InChI=1S/C32H33N5O5S/c1-36(17-16-23-10-15-27(40-3)28(18-23)41-4)31(38)26-20-42-30(33-26)21-43-32-35-34-29(19-22-8-6-5-7-9-22)37(32)24-11-13-25(39-2)14-12-24/h5-15,18,20H,16-17,19,21H2,1-4H3. The molecule has 5 rings (SSSR count). The maximum absolute atomic E-state index is 13.1. The molecule has 1 amide bonds. The van der Waals surface area contributed by atoms with Crippen LogP contribution in [0.3, 0.4) is 0 Å². The predicted octanol–water partition coefficient (Wildman–Crippen LogP) is 5.48. The Bertz CT molecular complexity index is 1650. The van der Waals surface area contributed by atoms with Crippen LogP contribution in [0.4, 0.5) is 0 Å². The molecule has 0 aliphatic rings. The van der Waals surface area contributed by atoms with Crippen LogP contribution in [0, 0.1) is 0 Å². The Balaban J connectivity index is 1.25. The molecular formula is C32H33N5O5S. The number of thioether (sulfide) groups is 1. The van der Waals surface area contributed by atoms with E-state index >= 15 is 0 Å². The molecule has 0 N–H and O–H groups in total. The van der Waals surface area contributed by atoms with Crippen molar-refractivity contribution in [1.82, 2.24) is 24.6 Å². The van der Waals surface area contributed by atoms with Crippen LogP contribution in [0.2, 0.25) is 0 Å². The number of amides is 1. The summed E-state index contributed by atoms with van der Waals surface area (Å²) < 4.78 is 23.7. The molecule has 0 bridgehead atoms. The molecule has 222 valence electrons. The average Bonchev–Trinajstić information content (AvgIpc) is 3.69. The lowest BCUT2D eigenvalue weighted by Crippen LogP contribution is -2.29. The number of carbonyl (C=O) groups is 1. The number of aromatic nitrogens is 4. The fourth-order valence-electron chi connectivity index (χ4n) is 4.51. The summed E-state index contributed by atoms with van der Waals surface area (Å²) in [5, 5.41) is 9.66. The summed E-state index contributed by atoms with van der Waals surface area (Å²) in [6.45, 7) is 0.500. The largest absolute Gasteiger partial charge is 0.497 e. The van der Waals surface area contributed by atoms with Crippen molar-refractivity contribution in [3.63, 3.8) is 0 Å². The molecule has 0 aliphatic heterocycles. The molecule has 0 unspecified atom stereocenters. The molecule has 0 aliphatic carbocycles. The molecule has 2 heterocycles. The van der Waals surface area contributed by atoms with Crippen molar-refractivity contribution in [1.29, 1.82) is 0 Å². The van der Waals surface area contributed by atoms with Crippen molar-refractivity contribution in [2.75, 3.05) is 34.9 Å². The van der Waals surface area contributed by atoms with Gasteiger partial charge in [-0.15, -0.1) is 10.2 Å². The first kappa shape index (κ1) is 29.7. The van der Waals surface area contributed by atoms with Gasteiger partial charge in [0.05, 0.1) is 27.1 Å². The van der Waals surface area contributed by atoms with Crippen molar-refractivity contribution >= 4 is 17.7 Å². The van der Waals surface area contributed by atoms with Gasteiger partial charge in [0.25, 0.3) is 5.91 Å². The van der Waals surface area contributed by atoms with Crippen LogP contribution in [0.1, 0.15) is 33.3 Å². The molecule has 2 aromatic heterocycles. The number of hydrogen-bond donors (Lipinski definition) is 0. The summed E-state index contributed by atoms with van der Waals surface area (Å²) in [5.74, 6) is 3.48. The van der Waals surface area contributed by atoms with E-state index in [0.717, 1.165) is 28.4 Å². The van der Waals surface area contributed by atoms with Crippen molar-refractivity contribution in [2.24, 2.45) is 0 Å². The van der Waals surface area contributed by atoms with E-state index in [2.05, 4.69) is 27.3 Å². The third kappa shape index (κ3) is 7.18. The van der Waals surface area contributed by atoms with Crippen LogP contribution in [0.5, 0.6) is 17.2 Å². The van der Waals surface area contributed by atoms with Gasteiger partial charge < -0.3 is 23.5 Å². The third-order valence-corrected chi connectivity index (χ3v) is 7.78. The molecule has 0 spiro atoms. The van der Waals surface area contributed by atoms with Crippen LogP contribution in [-0.2, 0) is 18.6 Å². The first-order chi connectivity index (χ1) is 21.0. The zero-order valence-corrected chi connectivity index (χ0v) is 25.3. The van der Waals surface area contributed by atoms with Gasteiger partial charge >= 0.3 is 0 Å². The SMILES string of the molecule is COc1ccc(-n2c(Cc3ccccc3)nnc2SCc2nc(C(=O)N(C)CCc3ccc(OC)c(OC)c3)co2)cc1. The van der Waals surface area contributed by atoms with Crippen molar-refractivity contribution in [2.45, 2.75) is 23.8 Å². The van der Waals surface area contributed by atoms with Gasteiger partial charge in [-0.25, -0.2) is 4.98 Å². The summed E-state index contributed by atoms with van der Waals surface area (Å²) in [5.41, 5.74) is 3.33. The van der Waals surface area contributed by atoms with Gasteiger partial charge in [0, 0.05) is 25.7 Å². The second kappa shape index (κ2) is 13.9. The van der Waals surface area contributed by atoms with Gasteiger partial charge in [0.15, 0.2) is 22.3 Å². The summed E-state index contributed by atoms with van der Waals surface area (Å²) in [4.78, 5) is 19.1. The topological polar surface area (TPSA) is 105 Å². The Hall–Kier alpha value is -4.77. The normalized spacial score (nSPS) is 10.9. The van der Waals surface area contributed by atoms with Crippen LogP contribution in [-0.4, -0.2) is 65.5 Å². The van der Waals surface area contributed by atoms with Crippen molar-refractivity contribution < 1.29 is 23.4 Å². The monoisotopic (exact) mass is 599 g/mol. The second-order valence-corrected chi connectivity index (χ2v) is 10.6. The number of rotatable bonds is 13. The highest BCUT2D eigenvalue weighted by molar-refractivity contribution is 7.98. The maximum Gasteiger partial charge on any atom is 0.275 e. The number of carbonyl (C=O) groups excluding carboxylic acids is 1. The van der Waals surface area contributed by atoms with Crippen LogP contribution >= 0.6 is 11.8 Å². The lowest BCUT2D eigenvalue weighted by Gasteiger charge is -2.16. The fraction of sp³-hybridized carbons (Fsp3) is 0.250. The lowest BCUT2D eigenvalue weighted by atomic mass is 10.1. The molecule has 3 aromatic carbocycles. The molecule has 0 radical (unpaired) electrons. The first-order valence-corrected chi connectivity index (χ1v) is 14.6. The molecule has 11 heteroatoms. The Labute approximate surface area is 254 Å². The Morgan fingerprint density at radius 3 is 2.40 bits per heavy atom. The Morgan fingerprint density at radius 2 is 1.67 bits per heavy atom. The Morgan fingerprint density at radius 1 is 0.907 bits per heavy atom. The van der Waals surface area contributed by atoms with E-state index in [9.17, 15) is 4.79 Å². The maximum atomic E-state index is 13.1. The number of nitrogens with zero attached hydrogens (tertiary/aromatic N) is 5. The number of hydrogen-bond acceptors (Lipinski definition) is 9. The number of oxazole rings is 1. The van der Waals surface area contributed by atoms with E-state index in [1.165, 1.54) is 18.0 Å². The van der Waals surface area contributed by atoms with E-state index in [4.69, 9.17) is 18.6 Å². The van der Waals surface area contributed by atoms with E-state index in [1.54, 1.807) is 33.3 Å². The number of likely N-dealkylation sites (N-methyl/N-ethyl adjacent to an activating group) is 1. The van der Waals surface area contributed by atoms with Gasteiger partial charge in [0.2, 0.25) is 5.89 Å². The minimum absolute atomic E-state index is 0.216. The van der Waals surface area contributed by atoms with Gasteiger partial charge in [-0.2, -0.15) is 0 Å². The molecule has 0 fully saturated rings. The van der Waals surface area contributed by atoms with E-state index in [-0.39, 0.29) is 11.6 Å². The second-order valence-electron chi connectivity index (χ2n) is 9.68. The third-order valence-electron chi connectivity index (χ3n) is 6.86. The highest BCUT2D eigenvalue weighted by Gasteiger charge is 2.20. The van der Waals surface area contributed by atoms with E-state index in [0.29, 0.717) is 47.7 Å². The van der Waals surface area contributed by atoms with Crippen LogP contribution in [0.25, 0.3) is 5.69 Å². The molecule has 0 saturated heterocycles. The smallest absolute Gasteiger partial charge is 0.275 e. The molecule has 0 saturated carbocycles. The molecule has 5 aromatic rings. The predicted molar refractivity (Wildman–Crippen MR) is 163 cm³/mol. The van der Waals surface area contributed by atoms with Crippen molar-refractivity contribution in [3.8, 4) is 22.9 Å². The van der Waals surface area contributed by atoms with Crippen LogP contribution < -0.4 is 14.2 Å². The molecular weight excluding hydrogens is 566 g/mol. The van der Waals surface area contributed by atoms with Crippen molar-refractivity contribution in [3.05, 3.63) is 108 Å². The number of methoxy groups -OCH3 is 3. The Kier molecular flexibility index (Phi) is 9.63. The fourth-order valence-corrected chi connectivity index (χ4v) is 5.33. The summed E-state index contributed by atoms with van der Waals surface area (Å²) in [6, 6.07) is 23.6. The highest BCUT2D eigenvalue weighted by Crippen LogP contribution is 2.29. The van der Waals surface area contributed by atoms with E-state index in [1.807, 2.05) is 65.2 Å². The molecule has 43 heavy (non-hydrogen) atoms. The van der Waals surface area contributed by atoms with E-state index < -0.39 is 0 Å². The van der Waals surface area contributed by atoms with Gasteiger partial charge in [-0.3, -0.25) is 9.36 Å². The summed E-state index contributed by atoms with van der Waals surface area (Å²) >= 11 is 1.44. The average molecular weight is 600 g/mol. The number of benzene rings is 3. The minimum atomic E-state index is -0.216. The minimum Gasteiger partial charge on any atom is -0.497 e. The first-order valence-electron chi connectivity index (χ1n) is 13.6. The van der Waals surface area contributed by atoms with Gasteiger partial charge in [-0.1, -0.05) is 48.2 Å². The van der Waals surface area contributed by atoms with Crippen LogP contribution in [0.15, 0.2) is 88.6 Å². The van der Waals surface area contributed by atoms with Gasteiger partial charge in [-0.05, 0) is 53.9 Å². The summed E-state index contributed by atoms with van der Waals surface area (Å²) in [7, 11) is 6.59. The molecule has 10 nitrogen and oxygen atoms in total. The summed E-state index contributed by atoms with van der Waals surface area (Å²) in [6.07, 6.45) is 2.67. The number of ether oxygens (including phenoxy) is 3. The zero-order valence-electron chi connectivity index (χ0n) is 24.5. The quantitative estimate of drug-likeness (QED) is 0.163. The van der Waals surface area contributed by atoms with Gasteiger partial charge in [0.1, 0.15) is 17.8 Å². The highest BCUT2D eigenvalue weighted by atomic mass is 32.2. The lowest BCUT2D eigenvalue weighted by molar-refractivity contribution is 0.0790. The zero-order chi connectivity index (χ0) is 30.2.